The smallest absolute Gasteiger partial charge is 0.210 e. The highest BCUT2D eigenvalue weighted by Crippen LogP contribution is 2.38. The highest BCUT2D eigenvalue weighted by atomic mass is 35.5. The topological polar surface area (TPSA) is 38.9 Å². The fourth-order valence-electron chi connectivity index (χ4n) is 4.18. The molecule has 2 aromatic heterocycles. The predicted molar refractivity (Wildman–Crippen MR) is 134 cm³/mol. The number of nitrogens with zero attached hydrogens (tertiary/aromatic N) is 5. The lowest BCUT2D eigenvalue weighted by Gasteiger charge is -2.23. The van der Waals surface area contributed by atoms with Crippen LogP contribution < -0.4 is 4.90 Å². The van der Waals surface area contributed by atoms with Crippen molar-refractivity contribution < 1.29 is 0 Å². The number of rotatable bonds is 8. The van der Waals surface area contributed by atoms with Gasteiger partial charge in [-0.05, 0) is 43.8 Å². The van der Waals surface area contributed by atoms with E-state index in [2.05, 4.69) is 61.5 Å². The van der Waals surface area contributed by atoms with Crippen molar-refractivity contribution in [1.82, 2.24) is 19.3 Å². The molecule has 0 atom stereocenters. The molecule has 0 spiro atoms. The number of aryl methyl sites for hydroxylation is 1. The summed E-state index contributed by atoms with van der Waals surface area (Å²) in [6.07, 6.45) is 11.4. The summed E-state index contributed by atoms with van der Waals surface area (Å²) in [6.45, 7) is 13.8. The van der Waals surface area contributed by atoms with E-state index in [1.165, 1.54) is 11.3 Å². The van der Waals surface area contributed by atoms with Crippen LogP contribution in [0.1, 0.15) is 77.4 Å². The third-order valence-electron chi connectivity index (χ3n) is 6.10. The first-order chi connectivity index (χ1) is 14.9. The van der Waals surface area contributed by atoms with Crippen molar-refractivity contribution in [3.63, 3.8) is 0 Å². The SMILES string of the molecule is CC.CCCCn1c(N(C)c2cnn(C)c2C)nc2c1C(C(CC)CC)=CC=C(Cl)C2. The molecular formula is C25H40ClN5. The summed E-state index contributed by atoms with van der Waals surface area (Å²) >= 11 is 6.54. The fourth-order valence-corrected chi connectivity index (χ4v) is 4.37. The second-order valence-electron chi connectivity index (χ2n) is 7.94. The second-order valence-corrected chi connectivity index (χ2v) is 8.42. The van der Waals surface area contributed by atoms with E-state index < -0.39 is 0 Å². The van der Waals surface area contributed by atoms with E-state index in [1.807, 2.05) is 31.8 Å². The molecule has 31 heavy (non-hydrogen) atoms. The van der Waals surface area contributed by atoms with Crippen molar-refractivity contribution in [2.24, 2.45) is 13.0 Å². The van der Waals surface area contributed by atoms with Gasteiger partial charge in [0.05, 0.1) is 29.0 Å². The maximum atomic E-state index is 6.54. The van der Waals surface area contributed by atoms with Gasteiger partial charge in [0.2, 0.25) is 5.95 Å². The zero-order valence-corrected chi connectivity index (χ0v) is 21.4. The molecule has 0 radical (unpaired) electrons. The molecule has 6 heteroatoms. The van der Waals surface area contributed by atoms with Gasteiger partial charge in [0, 0.05) is 32.1 Å². The van der Waals surface area contributed by atoms with Gasteiger partial charge in [-0.2, -0.15) is 5.10 Å². The molecule has 5 nitrogen and oxygen atoms in total. The van der Waals surface area contributed by atoms with Gasteiger partial charge in [0.25, 0.3) is 0 Å². The van der Waals surface area contributed by atoms with E-state index in [4.69, 9.17) is 16.6 Å². The van der Waals surface area contributed by atoms with Crippen LogP contribution in [-0.4, -0.2) is 26.4 Å². The Balaban J connectivity index is 0.00000166. The molecule has 0 aromatic carbocycles. The molecule has 0 bridgehead atoms. The first-order valence-corrected chi connectivity index (χ1v) is 12.2. The largest absolute Gasteiger partial charge is 0.312 e. The van der Waals surface area contributed by atoms with Gasteiger partial charge in [0.1, 0.15) is 0 Å². The minimum atomic E-state index is 0.503. The van der Waals surface area contributed by atoms with Gasteiger partial charge in [-0.15, -0.1) is 0 Å². The molecule has 0 N–H and O–H groups in total. The Hall–Kier alpha value is -2.01. The Labute approximate surface area is 193 Å². The molecular weight excluding hydrogens is 406 g/mol. The molecule has 3 rings (SSSR count). The summed E-state index contributed by atoms with van der Waals surface area (Å²) in [5.41, 5.74) is 5.93. The van der Waals surface area contributed by atoms with E-state index >= 15 is 0 Å². The van der Waals surface area contributed by atoms with Crippen LogP contribution in [0, 0.1) is 12.8 Å². The number of halogens is 1. The summed E-state index contributed by atoms with van der Waals surface area (Å²) in [6, 6.07) is 0. The number of anilines is 2. The minimum Gasteiger partial charge on any atom is -0.312 e. The Kier molecular flexibility index (Phi) is 9.42. The lowest BCUT2D eigenvalue weighted by atomic mass is 9.90. The van der Waals surface area contributed by atoms with E-state index in [-0.39, 0.29) is 0 Å². The Bertz CT molecular complexity index is 915. The normalized spacial score (nSPS) is 13.2. The number of aromatic nitrogens is 4. The minimum absolute atomic E-state index is 0.503. The van der Waals surface area contributed by atoms with Gasteiger partial charge in [0.15, 0.2) is 0 Å². The Morgan fingerprint density at radius 2 is 1.84 bits per heavy atom. The van der Waals surface area contributed by atoms with E-state index in [9.17, 15) is 0 Å². The number of imidazole rings is 1. The molecule has 1 aliphatic rings. The van der Waals surface area contributed by atoms with Crippen molar-refractivity contribution in [1.29, 1.82) is 0 Å². The average molecular weight is 446 g/mol. The molecule has 0 saturated carbocycles. The number of unbranched alkanes of at least 4 members (excludes halogenated alkanes) is 1. The van der Waals surface area contributed by atoms with Crippen molar-refractivity contribution in [2.75, 3.05) is 11.9 Å². The molecule has 2 heterocycles. The Morgan fingerprint density at radius 1 is 1.16 bits per heavy atom. The van der Waals surface area contributed by atoms with Gasteiger partial charge in [-0.25, -0.2) is 4.98 Å². The summed E-state index contributed by atoms with van der Waals surface area (Å²) < 4.78 is 4.32. The summed E-state index contributed by atoms with van der Waals surface area (Å²) in [7, 11) is 4.07. The zero-order valence-electron chi connectivity index (χ0n) is 20.7. The number of hydrogen-bond acceptors (Lipinski definition) is 3. The van der Waals surface area contributed by atoms with Gasteiger partial charge in [-0.3, -0.25) is 4.68 Å². The second kappa shape index (κ2) is 11.6. The molecule has 0 saturated heterocycles. The van der Waals surface area contributed by atoms with Gasteiger partial charge < -0.3 is 9.47 Å². The van der Waals surface area contributed by atoms with Crippen LogP contribution in [0.4, 0.5) is 11.6 Å². The first kappa shape index (κ1) is 25.3. The van der Waals surface area contributed by atoms with E-state index in [0.717, 1.165) is 60.3 Å². The van der Waals surface area contributed by atoms with E-state index in [0.29, 0.717) is 12.3 Å². The molecule has 1 aliphatic carbocycles. The maximum Gasteiger partial charge on any atom is 0.210 e. The zero-order chi connectivity index (χ0) is 23.1. The van der Waals surface area contributed by atoms with Crippen LogP contribution in [0.3, 0.4) is 0 Å². The lowest BCUT2D eigenvalue weighted by Crippen LogP contribution is -2.18. The average Bonchev–Trinajstić information content (AvgIpc) is 3.24. The fraction of sp³-hybridized carbons (Fsp3) is 0.600. The lowest BCUT2D eigenvalue weighted by molar-refractivity contribution is 0.594. The molecule has 0 unspecified atom stereocenters. The number of fused-ring (bicyclic) bond motifs is 1. The highest BCUT2D eigenvalue weighted by Gasteiger charge is 2.28. The third kappa shape index (κ3) is 5.25. The van der Waals surface area contributed by atoms with Crippen molar-refractivity contribution in [2.45, 2.75) is 80.2 Å². The molecule has 0 aliphatic heterocycles. The van der Waals surface area contributed by atoms with Crippen LogP contribution in [0.15, 0.2) is 23.4 Å². The van der Waals surface area contributed by atoms with Crippen LogP contribution in [0.5, 0.6) is 0 Å². The molecule has 0 amide bonds. The van der Waals surface area contributed by atoms with Gasteiger partial charge in [-0.1, -0.05) is 58.7 Å². The van der Waals surface area contributed by atoms with Crippen LogP contribution in [-0.2, 0) is 20.0 Å². The van der Waals surface area contributed by atoms with Gasteiger partial charge >= 0.3 is 0 Å². The van der Waals surface area contributed by atoms with E-state index in [1.54, 1.807) is 0 Å². The Morgan fingerprint density at radius 3 is 2.39 bits per heavy atom. The van der Waals surface area contributed by atoms with Crippen molar-refractivity contribution in [3.8, 4) is 0 Å². The number of hydrogen-bond donors (Lipinski definition) is 0. The first-order valence-electron chi connectivity index (χ1n) is 11.8. The monoisotopic (exact) mass is 445 g/mol. The van der Waals surface area contributed by atoms with Crippen LogP contribution in [0.25, 0.3) is 5.57 Å². The molecule has 2 aromatic rings. The summed E-state index contributed by atoms with van der Waals surface area (Å²) in [5, 5.41) is 5.28. The van der Waals surface area contributed by atoms with Crippen molar-refractivity contribution >= 4 is 28.8 Å². The standard InChI is InChI=1S/C23H34ClN5.C2H6/c1-7-10-13-29-22-19(17(8-2)9-3)12-11-18(24)14-20(22)26-23(29)27(5)21-15-25-28(6)16(21)4;1-2/h11-12,15,17H,7-10,13-14H2,1-6H3;1-2H3. The highest BCUT2D eigenvalue weighted by molar-refractivity contribution is 6.30. The molecule has 0 fully saturated rings. The summed E-state index contributed by atoms with van der Waals surface area (Å²) in [4.78, 5) is 7.30. The molecule has 172 valence electrons. The predicted octanol–water partition coefficient (Wildman–Crippen LogP) is 7.02. The third-order valence-corrected chi connectivity index (χ3v) is 6.36. The quantitative estimate of drug-likeness (QED) is 0.438. The van der Waals surface area contributed by atoms with Crippen molar-refractivity contribution in [3.05, 3.63) is 40.5 Å². The number of allylic oxidation sites excluding steroid dienone is 4. The van der Waals surface area contributed by atoms with Crippen LogP contribution in [0.2, 0.25) is 0 Å². The van der Waals surface area contributed by atoms with Crippen LogP contribution >= 0.6 is 11.6 Å². The maximum absolute atomic E-state index is 6.54. The summed E-state index contributed by atoms with van der Waals surface area (Å²) in [5.74, 6) is 1.48.